The third-order valence-corrected chi connectivity index (χ3v) is 4.74. The fraction of sp³-hybridized carbons (Fsp3) is 0.875. The van der Waals surface area contributed by atoms with E-state index in [9.17, 15) is 0 Å². The number of aryl methyl sites for hydroxylation is 1. The molecule has 0 amide bonds. The summed E-state index contributed by atoms with van der Waals surface area (Å²) in [7, 11) is 0. The van der Waals surface area contributed by atoms with E-state index in [1.165, 1.54) is 25.9 Å². The number of rotatable bonds is 5. The van der Waals surface area contributed by atoms with Gasteiger partial charge in [0.1, 0.15) is 6.10 Å². The average Bonchev–Trinajstić information content (AvgIpc) is 3.10. The van der Waals surface area contributed by atoms with Gasteiger partial charge in [0, 0.05) is 6.42 Å². The standard InChI is InChI=1S/C16H27N3O2/c1-12-7-10-19(11-8-12)9-3-4-15-17-16(21-18-15)14-6-5-13(2)20-14/h12-14H,3-11H2,1-2H3. The molecule has 0 N–H and O–H groups in total. The molecule has 1 aromatic heterocycles. The second-order valence-electron chi connectivity index (χ2n) is 6.69. The first-order valence-electron chi connectivity index (χ1n) is 8.41. The molecule has 2 saturated heterocycles. The fourth-order valence-electron chi connectivity index (χ4n) is 3.23. The van der Waals surface area contributed by atoms with Crippen LogP contribution >= 0.6 is 0 Å². The van der Waals surface area contributed by atoms with Crippen LogP contribution in [-0.4, -0.2) is 40.8 Å². The van der Waals surface area contributed by atoms with E-state index >= 15 is 0 Å². The second-order valence-corrected chi connectivity index (χ2v) is 6.69. The van der Waals surface area contributed by atoms with E-state index in [4.69, 9.17) is 9.26 Å². The van der Waals surface area contributed by atoms with Crippen LogP contribution in [0.4, 0.5) is 0 Å². The smallest absolute Gasteiger partial charge is 0.255 e. The summed E-state index contributed by atoms with van der Waals surface area (Å²) in [6.45, 7) is 8.08. The lowest BCUT2D eigenvalue weighted by molar-refractivity contribution is 0.0355. The second kappa shape index (κ2) is 6.88. The highest BCUT2D eigenvalue weighted by Crippen LogP contribution is 2.31. The van der Waals surface area contributed by atoms with Crippen LogP contribution in [0.1, 0.15) is 63.8 Å². The Bertz CT molecular complexity index is 440. The van der Waals surface area contributed by atoms with E-state index in [0.717, 1.165) is 44.0 Å². The first-order valence-corrected chi connectivity index (χ1v) is 8.41. The normalized spacial score (nSPS) is 28.3. The molecule has 2 aliphatic rings. The summed E-state index contributed by atoms with van der Waals surface area (Å²) in [4.78, 5) is 7.06. The van der Waals surface area contributed by atoms with Crippen LogP contribution < -0.4 is 0 Å². The van der Waals surface area contributed by atoms with Crippen molar-refractivity contribution < 1.29 is 9.26 Å². The van der Waals surface area contributed by atoms with Crippen LogP contribution in [0.3, 0.4) is 0 Å². The van der Waals surface area contributed by atoms with Gasteiger partial charge >= 0.3 is 0 Å². The monoisotopic (exact) mass is 293 g/mol. The summed E-state index contributed by atoms with van der Waals surface area (Å²) in [5, 5.41) is 4.10. The average molecular weight is 293 g/mol. The predicted octanol–water partition coefficient (Wildman–Crippen LogP) is 2.97. The van der Waals surface area contributed by atoms with Crippen molar-refractivity contribution in [2.75, 3.05) is 19.6 Å². The quantitative estimate of drug-likeness (QED) is 0.835. The molecule has 3 heterocycles. The number of ether oxygens (including phenoxy) is 1. The summed E-state index contributed by atoms with van der Waals surface area (Å²) in [5.41, 5.74) is 0. The Morgan fingerprint density at radius 2 is 1.95 bits per heavy atom. The van der Waals surface area contributed by atoms with Crippen LogP contribution in [0.25, 0.3) is 0 Å². The Morgan fingerprint density at radius 3 is 2.67 bits per heavy atom. The van der Waals surface area contributed by atoms with Crippen LogP contribution in [0.2, 0.25) is 0 Å². The zero-order valence-corrected chi connectivity index (χ0v) is 13.3. The van der Waals surface area contributed by atoms with Crippen molar-refractivity contribution in [2.24, 2.45) is 5.92 Å². The number of hydrogen-bond acceptors (Lipinski definition) is 5. The Morgan fingerprint density at radius 1 is 1.14 bits per heavy atom. The minimum atomic E-state index is 0.0184. The van der Waals surface area contributed by atoms with E-state index in [2.05, 4.69) is 28.9 Å². The Kier molecular flexibility index (Phi) is 4.91. The zero-order chi connectivity index (χ0) is 14.7. The van der Waals surface area contributed by atoms with E-state index < -0.39 is 0 Å². The molecule has 118 valence electrons. The topological polar surface area (TPSA) is 51.4 Å². The van der Waals surface area contributed by atoms with Gasteiger partial charge < -0.3 is 14.2 Å². The molecule has 21 heavy (non-hydrogen) atoms. The molecule has 5 nitrogen and oxygen atoms in total. The Balaban J connectivity index is 1.41. The number of nitrogens with zero attached hydrogens (tertiary/aromatic N) is 3. The third-order valence-electron chi connectivity index (χ3n) is 4.74. The molecule has 1 aromatic rings. The maximum Gasteiger partial charge on any atom is 0.255 e. The lowest BCUT2D eigenvalue weighted by atomic mass is 9.99. The minimum Gasteiger partial charge on any atom is -0.365 e. The maximum atomic E-state index is 5.77. The van der Waals surface area contributed by atoms with Gasteiger partial charge in [0.05, 0.1) is 6.10 Å². The van der Waals surface area contributed by atoms with E-state index in [1.807, 2.05) is 0 Å². The van der Waals surface area contributed by atoms with Crippen LogP contribution in [-0.2, 0) is 11.2 Å². The molecular formula is C16H27N3O2. The summed E-state index contributed by atoms with van der Waals surface area (Å²) >= 11 is 0. The van der Waals surface area contributed by atoms with Crippen molar-refractivity contribution in [3.8, 4) is 0 Å². The SMILES string of the molecule is CC1CCN(CCCc2noc(C3CCC(C)O3)n2)CC1. The molecule has 0 bridgehead atoms. The van der Waals surface area contributed by atoms with E-state index in [-0.39, 0.29) is 6.10 Å². The molecule has 2 fully saturated rings. The highest BCUT2D eigenvalue weighted by molar-refractivity contribution is 4.93. The number of piperidine rings is 1. The highest BCUT2D eigenvalue weighted by Gasteiger charge is 2.28. The molecule has 2 unspecified atom stereocenters. The minimum absolute atomic E-state index is 0.0184. The maximum absolute atomic E-state index is 5.77. The van der Waals surface area contributed by atoms with Gasteiger partial charge in [-0.3, -0.25) is 0 Å². The van der Waals surface area contributed by atoms with Crippen molar-refractivity contribution >= 4 is 0 Å². The first kappa shape index (κ1) is 15.0. The van der Waals surface area contributed by atoms with E-state index in [0.29, 0.717) is 12.0 Å². The molecular weight excluding hydrogens is 266 g/mol. The molecule has 0 radical (unpaired) electrons. The Labute approximate surface area is 127 Å². The van der Waals surface area contributed by atoms with Crippen LogP contribution in [0.15, 0.2) is 4.52 Å². The van der Waals surface area contributed by atoms with Gasteiger partial charge in [0.15, 0.2) is 5.82 Å². The molecule has 3 rings (SSSR count). The van der Waals surface area contributed by atoms with Crippen molar-refractivity contribution in [3.63, 3.8) is 0 Å². The highest BCUT2D eigenvalue weighted by atomic mass is 16.5. The summed E-state index contributed by atoms with van der Waals surface area (Å²) in [6, 6.07) is 0. The van der Waals surface area contributed by atoms with Gasteiger partial charge in [-0.05, 0) is 64.6 Å². The molecule has 5 heteroatoms. The Hall–Kier alpha value is -0.940. The zero-order valence-electron chi connectivity index (χ0n) is 13.3. The van der Waals surface area contributed by atoms with Gasteiger partial charge in [-0.25, -0.2) is 0 Å². The molecule has 0 aliphatic carbocycles. The number of likely N-dealkylation sites (tertiary alicyclic amines) is 1. The summed E-state index contributed by atoms with van der Waals surface area (Å²) < 4.78 is 11.1. The van der Waals surface area contributed by atoms with Gasteiger partial charge in [0.25, 0.3) is 5.89 Å². The van der Waals surface area contributed by atoms with Gasteiger partial charge in [-0.1, -0.05) is 12.1 Å². The molecule has 2 atom stereocenters. The predicted molar refractivity (Wildman–Crippen MR) is 80.0 cm³/mol. The molecule has 0 saturated carbocycles. The number of aromatic nitrogens is 2. The third kappa shape index (κ3) is 4.04. The van der Waals surface area contributed by atoms with Gasteiger partial charge in [-0.15, -0.1) is 0 Å². The first-order chi connectivity index (χ1) is 10.2. The van der Waals surface area contributed by atoms with Crippen molar-refractivity contribution in [1.29, 1.82) is 0 Å². The molecule has 2 aliphatic heterocycles. The summed E-state index contributed by atoms with van der Waals surface area (Å²) in [5.74, 6) is 2.40. The lowest BCUT2D eigenvalue weighted by Gasteiger charge is -2.29. The molecule has 0 spiro atoms. The lowest BCUT2D eigenvalue weighted by Crippen LogP contribution is -2.33. The fourth-order valence-corrected chi connectivity index (χ4v) is 3.23. The largest absolute Gasteiger partial charge is 0.365 e. The van der Waals surface area contributed by atoms with Gasteiger partial charge in [-0.2, -0.15) is 4.98 Å². The van der Waals surface area contributed by atoms with Gasteiger partial charge in [0.2, 0.25) is 0 Å². The van der Waals surface area contributed by atoms with Crippen LogP contribution in [0.5, 0.6) is 0 Å². The number of hydrogen-bond donors (Lipinski definition) is 0. The summed E-state index contributed by atoms with van der Waals surface area (Å²) in [6.07, 6.45) is 7.08. The van der Waals surface area contributed by atoms with Crippen molar-refractivity contribution in [1.82, 2.24) is 15.0 Å². The van der Waals surface area contributed by atoms with Crippen molar-refractivity contribution in [3.05, 3.63) is 11.7 Å². The van der Waals surface area contributed by atoms with E-state index in [1.54, 1.807) is 0 Å². The molecule has 0 aromatic carbocycles. The van der Waals surface area contributed by atoms with Crippen LogP contribution in [0, 0.1) is 5.92 Å². The van der Waals surface area contributed by atoms with Crippen molar-refractivity contribution in [2.45, 2.75) is 64.6 Å².